The minimum absolute atomic E-state index is 0.0639. The molecule has 3 aromatic heterocycles. The molecule has 12 rings (SSSR count). The number of imidazole rings is 1. The summed E-state index contributed by atoms with van der Waals surface area (Å²) in [6.45, 7) is 8.72. The van der Waals surface area contributed by atoms with Crippen LogP contribution in [-0.2, 0) is 29.4 Å². The number of anilines is 3. The third-order valence-electron chi connectivity index (χ3n) is 17.7. The molecule has 1 spiro atoms. The van der Waals surface area contributed by atoms with E-state index in [1.54, 1.807) is 6.20 Å². The Morgan fingerprint density at radius 2 is 1.51 bits per heavy atom. The van der Waals surface area contributed by atoms with Crippen LogP contribution in [0.15, 0.2) is 48.9 Å². The zero-order valence-corrected chi connectivity index (χ0v) is 41.4. The normalized spacial score (nSPS) is 27.8. The predicted molar refractivity (Wildman–Crippen MR) is 271 cm³/mol. The van der Waals surface area contributed by atoms with E-state index in [1.807, 2.05) is 28.3 Å². The van der Waals surface area contributed by atoms with Crippen molar-refractivity contribution < 1.29 is 24.0 Å². The summed E-state index contributed by atoms with van der Waals surface area (Å²) >= 11 is 0. The number of benzene rings is 1. The molecule has 8 aliphatic rings. The van der Waals surface area contributed by atoms with Crippen molar-refractivity contribution in [1.82, 2.24) is 39.5 Å². The second kappa shape index (κ2) is 18.6. The summed E-state index contributed by atoms with van der Waals surface area (Å²) in [5.74, 6) is 0.904. The van der Waals surface area contributed by atoms with Crippen molar-refractivity contribution in [1.29, 1.82) is 0 Å². The number of hydrogen-bond donors (Lipinski definition) is 3. The van der Waals surface area contributed by atoms with Gasteiger partial charge in [0.25, 0.3) is 0 Å². The number of carbonyl (C=O) groups is 5. The molecule has 374 valence electrons. The Morgan fingerprint density at radius 3 is 2.23 bits per heavy atom. The number of amides is 5. The first-order valence-corrected chi connectivity index (χ1v) is 27.0. The highest BCUT2D eigenvalue weighted by Crippen LogP contribution is 2.52. The number of rotatable bonds is 11. The van der Waals surface area contributed by atoms with Gasteiger partial charge in [-0.25, -0.2) is 15.0 Å². The zero-order chi connectivity index (χ0) is 48.5. The largest absolute Gasteiger partial charge is 0.367 e. The zero-order valence-electron chi connectivity index (χ0n) is 41.4. The Hall–Kier alpha value is -5.90. The van der Waals surface area contributed by atoms with Gasteiger partial charge >= 0.3 is 0 Å². The average Bonchev–Trinajstić information content (AvgIpc) is 3.76. The molecule has 0 radical (unpaired) electrons. The van der Waals surface area contributed by atoms with Crippen LogP contribution in [0, 0.1) is 11.8 Å². The van der Waals surface area contributed by atoms with Crippen molar-refractivity contribution in [2.45, 2.75) is 158 Å². The van der Waals surface area contributed by atoms with Crippen LogP contribution >= 0.6 is 0 Å². The van der Waals surface area contributed by atoms with Gasteiger partial charge in [0.2, 0.25) is 29.5 Å². The number of imide groups is 1. The Morgan fingerprint density at radius 1 is 0.761 bits per heavy atom. The topological polar surface area (TPSA) is 178 Å². The van der Waals surface area contributed by atoms with Crippen LogP contribution in [0.1, 0.15) is 140 Å². The summed E-state index contributed by atoms with van der Waals surface area (Å²) in [5, 5.41) is 9.64. The summed E-state index contributed by atoms with van der Waals surface area (Å²) in [5.41, 5.74) is 5.99. The standard InChI is InChI=1S/C55H69N11O5/c1-33(2)65-32-57-45-29-44(60-50(49(45)65)59-39-12-13-39)35-8-15-43-46(26-35)66(41-27-40(28-41)62-21-4-3-5-22-62)54(71)55(43)19-24-63(25-20-55)53(70)37-18-23-64(31-37)52(69)34-6-10-38(11-7-34)58-47-16-9-36(30-56-47)42-14-17-48(67)61-51(42)68/h8-9,15-16,26,29-30,32-34,37-42H,3-7,10-14,17-25,27-28,31H2,1-2H3,(H,56,58)(H,59,60)(H,61,67,68)/t34?,37-,38?,40?,41?,42-/m1/s1. The Kier molecular flexibility index (Phi) is 12.1. The van der Waals surface area contributed by atoms with Crippen LogP contribution in [0.5, 0.6) is 0 Å². The first kappa shape index (κ1) is 46.2. The van der Waals surface area contributed by atoms with Crippen molar-refractivity contribution in [3.63, 3.8) is 0 Å². The van der Waals surface area contributed by atoms with Crippen LogP contribution in [0.25, 0.3) is 22.3 Å². The lowest BCUT2D eigenvalue weighted by Gasteiger charge is -2.48. The molecular weight excluding hydrogens is 895 g/mol. The number of hydrogen-bond acceptors (Lipinski definition) is 11. The molecule has 4 saturated heterocycles. The quantitative estimate of drug-likeness (QED) is 0.133. The number of carbonyl (C=O) groups excluding carboxylic acids is 5. The van der Waals surface area contributed by atoms with Gasteiger partial charge in [0.15, 0.2) is 5.82 Å². The molecule has 4 aromatic rings. The minimum atomic E-state index is -0.687. The summed E-state index contributed by atoms with van der Waals surface area (Å²) in [6.07, 6.45) is 17.6. The van der Waals surface area contributed by atoms with Crippen molar-refractivity contribution in [3.8, 4) is 11.3 Å². The maximum absolute atomic E-state index is 15.2. The van der Waals surface area contributed by atoms with E-state index in [0.717, 1.165) is 115 Å². The number of nitrogens with one attached hydrogen (secondary N) is 3. The van der Waals surface area contributed by atoms with E-state index < -0.39 is 5.41 Å². The third-order valence-corrected chi connectivity index (χ3v) is 17.7. The van der Waals surface area contributed by atoms with Crippen LogP contribution in [-0.4, -0.2) is 127 Å². The van der Waals surface area contributed by atoms with Crippen molar-refractivity contribution in [2.24, 2.45) is 11.8 Å². The third kappa shape index (κ3) is 8.64. The van der Waals surface area contributed by atoms with Crippen molar-refractivity contribution >= 4 is 57.9 Å². The second-order valence-electron chi connectivity index (χ2n) is 22.5. The summed E-state index contributed by atoms with van der Waals surface area (Å²) in [6, 6.07) is 14.0. The number of piperidine rings is 3. The van der Waals surface area contributed by atoms with Crippen molar-refractivity contribution in [3.05, 3.63) is 60.0 Å². The Bertz CT molecular complexity index is 2720. The fourth-order valence-corrected chi connectivity index (χ4v) is 13.3. The first-order valence-electron chi connectivity index (χ1n) is 27.0. The molecule has 3 aliphatic carbocycles. The highest BCUT2D eigenvalue weighted by atomic mass is 16.2. The SMILES string of the molecule is CC(C)n1cnc2cc(-c3ccc4c(c3)N(C3CC(N5CCCCC5)C3)C(=O)C43CCN(C(=O)[C@@H]4CCN(C(=O)C5CCC(Nc6ccc([C@H]7CCC(=O)NC7=O)cn6)CC5)C4)CC3)nc(NC3CC3)c21. The molecule has 0 bridgehead atoms. The summed E-state index contributed by atoms with van der Waals surface area (Å²) < 4.78 is 2.19. The molecule has 3 saturated carbocycles. The molecule has 7 fully saturated rings. The minimum Gasteiger partial charge on any atom is -0.367 e. The molecule has 71 heavy (non-hydrogen) atoms. The molecule has 1 aromatic carbocycles. The number of likely N-dealkylation sites (tertiary alicyclic amines) is 3. The van der Waals surface area contributed by atoms with E-state index in [0.29, 0.717) is 70.4 Å². The maximum Gasteiger partial charge on any atom is 0.238 e. The van der Waals surface area contributed by atoms with Crippen LogP contribution in [0.3, 0.4) is 0 Å². The van der Waals surface area contributed by atoms with Gasteiger partial charge in [0.05, 0.1) is 34.8 Å². The number of pyridine rings is 2. The van der Waals surface area contributed by atoms with Gasteiger partial charge in [-0.3, -0.25) is 29.3 Å². The van der Waals surface area contributed by atoms with Gasteiger partial charge in [0.1, 0.15) is 11.3 Å². The van der Waals surface area contributed by atoms with E-state index in [2.05, 4.69) is 73.4 Å². The monoisotopic (exact) mass is 964 g/mol. The highest BCUT2D eigenvalue weighted by Gasteiger charge is 2.56. The van der Waals surface area contributed by atoms with E-state index >= 15 is 4.79 Å². The van der Waals surface area contributed by atoms with E-state index in [4.69, 9.17) is 9.97 Å². The molecule has 16 heteroatoms. The molecule has 0 unspecified atom stereocenters. The molecule has 3 N–H and O–H groups in total. The van der Waals surface area contributed by atoms with Crippen LogP contribution in [0.4, 0.5) is 17.3 Å². The smallest absolute Gasteiger partial charge is 0.238 e. The summed E-state index contributed by atoms with van der Waals surface area (Å²) in [7, 11) is 0. The molecule has 16 nitrogen and oxygen atoms in total. The van der Waals surface area contributed by atoms with Gasteiger partial charge in [-0.15, -0.1) is 0 Å². The number of nitrogens with zero attached hydrogens (tertiary/aromatic N) is 8. The maximum atomic E-state index is 15.2. The van der Waals surface area contributed by atoms with Crippen LogP contribution < -0.4 is 20.9 Å². The van der Waals surface area contributed by atoms with E-state index in [-0.39, 0.29) is 65.4 Å². The predicted octanol–water partition coefficient (Wildman–Crippen LogP) is 6.91. The average molecular weight is 964 g/mol. The highest BCUT2D eigenvalue weighted by molar-refractivity contribution is 6.09. The first-order chi connectivity index (χ1) is 34.5. The molecule has 8 heterocycles. The summed E-state index contributed by atoms with van der Waals surface area (Å²) in [4.78, 5) is 90.8. The van der Waals surface area contributed by atoms with E-state index in [1.165, 1.54) is 19.3 Å². The van der Waals surface area contributed by atoms with E-state index in [9.17, 15) is 19.2 Å². The second-order valence-corrected chi connectivity index (χ2v) is 22.5. The lowest BCUT2D eigenvalue weighted by molar-refractivity contribution is -0.140. The molecular formula is C55H69N11O5. The lowest BCUT2D eigenvalue weighted by Crippen LogP contribution is -2.58. The van der Waals surface area contributed by atoms with Crippen LogP contribution in [0.2, 0.25) is 0 Å². The van der Waals surface area contributed by atoms with Gasteiger partial charge in [0, 0.05) is 86.2 Å². The lowest BCUT2D eigenvalue weighted by atomic mass is 9.73. The number of fused-ring (bicyclic) bond motifs is 3. The fraction of sp³-hybridized carbons (Fsp3) is 0.600. The van der Waals surface area contributed by atoms with Crippen molar-refractivity contribution in [2.75, 3.05) is 54.8 Å². The van der Waals surface area contributed by atoms with Gasteiger partial charge in [-0.2, -0.15) is 0 Å². The van der Waals surface area contributed by atoms with Gasteiger partial charge in [-0.05, 0) is 146 Å². The number of aromatic nitrogens is 4. The van der Waals surface area contributed by atoms with Gasteiger partial charge < -0.3 is 34.8 Å². The molecule has 5 aliphatic heterocycles. The molecule has 2 atom stereocenters. The fourth-order valence-electron chi connectivity index (χ4n) is 13.3. The Balaban J connectivity index is 0.697. The van der Waals surface area contributed by atoms with Gasteiger partial charge in [-0.1, -0.05) is 24.6 Å². The Labute approximate surface area is 416 Å². The molecule has 5 amide bonds.